The van der Waals surface area contributed by atoms with Gasteiger partial charge in [0.05, 0.1) is 0 Å². The number of aliphatic imine (C=N–C) groups is 1. The normalized spacial score (nSPS) is 10.0. The third kappa shape index (κ3) is 13.3. The summed E-state index contributed by atoms with van der Waals surface area (Å²) in [5.74, 6) is 0. The summed E-state index contributed by atoms with van der Waals surface area (Å²) in [6.07, 6.45) is 7.94. The van der Waals surface area contributed by atoms with Crippen molar-refractivity contribution in [3.8, 4) is 0 Å². The first-order valence-corrected chi connectivity index (χ1v) is 4.19. The molecule has 0 aromatic rings. The van der Waals surface area contributed by atoms with Crippen LogP contribution in [0, 0.1) is 6.92 Å². The molecule has 0 N–H and O–H groups in total. The molecule has 0 aliphatic heterocycles. The summed E-state index contributed by atoms with van der Waals surface area (Å²) in [6.45, 7) is 6.89. The van der Waals surface area contributed by atoms with Gasteiger partial charge in [-0.2, -0.15) is 0 Å². The van der Waals surface area contributed by atoms with E-state index in [0.717, 1.165) is 13.0 Å². The van der Waals surface area contributed by atoms with Gasteiger partial charge in [-0.05, 0) is 12.6 Å². The predicted octanol–water partition coefficient (Wildman–Crippen LogP) is -0.134. The molecule has 0 unspecified atom stereocenters. The van der Waals surface area contributed by atoms with Crippen molar-refractivity contribution in [2.24, 2.45) is 4.99 Å². The maximum Gasteiger partial charge on any atom is 1.00 e. The first-order valence-electron chi connectivity index (χ1n) is 4.19. The van der Waals surface area contributed by atoms with Gasteiger partial charge in [0, 0.05) is 6.54 Å². The first-order chi connectivity index (χ1) is 4.91. The van der Waals surface area contributed by atoms with Gasteiger partial charge in [-0.25, -0.2) is 0 Å². The van der Waals surface area contributed by atoms with E-state index in [1.807, 2.05) is 6.21 Å². The van der Waals surface area contributed by atoms with Crippen molar-refractivity contribution in [3.05, 3.63) is 6.92 Å². The number of hydrogen-bond acceptors (Lipinski definition) is 1. The van der Waals surface area contributed by atoms with Gasteiger partial charge in [0.25, 0.3) is 0 Å². The Hall–Kier alpha value is 0.267. The van der Waals surface area contributed by atoms with Gasteiger partial charge in [-0.3, -0.25) is 0 Å². The van der Waals surface area contributed by atoms with E-state index in [-0.39, 0.29) is 18.9 Å². The average molecular weight is 147 g/mol. The molecule has 0 saturated carbocycles. The van der Waals surface area contributed by atoms with Crippen molar-refractivity contribution >= 4 is 6.21 Å². The van der Waals surface area contributed by atoms with Crippen molar-refractivity contribution in [3.63, 3.8) is 0 Å². The van der Waals surface area contributed by atoms with Gasteiger partial charge in [0.1, 0.15) is 0 Å². The Balaban J connectivity index is 0. The van der Waals surface area contributed by atoms with Crippen LogP contribution in [-0.4, -0.2) is 12.8 Å². The number of hydrogen-bond donors (Lipinski definition) is 0. The molecule has 0 radical (unpaired) electrons. The molecule has 0 rings (SSSR count). The molecular formula is C9H18LiN. The second-order valence-corrected chi connectivity index (χ2v) is 2.44. The van der Waals surface area contributed by atoms with Gasteiger partial charge < -0.3 is 11.9 Å². The largest absolute Gasteiger partial charge is 1.00 e. The minimum Gasteiger partial charge on any atom is -0.338 e. The van der Waals surface area contributed by atoms with E-state index < -0.39 is 0 Å². The Morgan fingerprint density at radius 3 is 2.55 bits per heavy atom. The summed E-state index contributed by atoms with van der Waals surface area (Å²) in [5, 5.41) is 0. The molecule has 0 aliphatic carbocycles. The topological polar surface area (TPSA) is 12.4 Å². The average Bonchev–Trinajstić information content (AvgIpc) is 1.97. The van der Waals surface area contributed by atoms with Crippen LogP contribution in [0.2, 0.25) is 0 Å². The third-order valence-corrected chi connectivity index (χ3v) is 1.40. The van der Waals surface area contributed by atoms with Crippen LogP contribution < -0.4 is 18.9 Å². The first kappa shape index (κ1) is 13.8. The van der Waals surface area contributed by atoms with E-state index in [2.05, 4.69) is 18.8 Å². The zero-order chi connectivity index (χ0) is 7.66. The maximum absolute atomic E-state index is 4.17. The quantitative estimate of drug-likeness (QED) is 0.215. The summed E-state index contributed by atoms with van der Waals surface area (Å²) < 4.78 is 0. The van der Waals surface area contributed by atoms with E-state index in [9.17, 15) is 0 Å². The van der Waals surface area contributed by atoms with E-state index in [1.165, 1.54) is 25.7 Å². The third-order valence-electron chi connectivity index (χ3n) is 1.40. The van der Waals surface area contributed by atoms with Gasteiger partial charge in [-0.15, -0.1) is 6.42 Å². The fourth-order valence-electron chi connectivity index (χ4n) is 0.812. The van der Waals surface area contributed by atoms with Crippen LogP contribution in [0.25, 0.3) is 0 Å². The Morgan fingerprint density at radius 2 is 2.00 bits per heavy atom. The Morgan fingerprint density at radius 1 is 1.27 bits per heavy atom. The molecule has 0 fully saturated rings. The van der Waals surface area contributed by atoms with Gasteiger partial charge >= 0.3 is 18.9 Å². The van der Waals surface area contributed by atoms with Crippen LogP contribution in [0.1, 0.15) is 39.0 Å². The Kier molecular flexibility index (Phi) is 16.2. The van der Waals surface area contributed by atoms with Crippen LogP contribution in [0.3, 0.4) is 0 Å². The van der Waals surface area contributed by atoms with Crippen LogP contribution in [0.4, 0.5) is 0 Å². The molecule has 1 nitrogen and oxygen atoms in total. The fourth-order valence-corrected chi connectivity index (χ4v) is 0.812. The minimum atomic E-state index is 0. The molecule has 0 spiro atoms. The number of unbranched alkanes of at least 4 members (excludes halogenated alkanes) is 3. The van der Waals surface area contributed by atoms with Crippen molar-refractivity contribution in [2.75, 3.05) is 6.54 Å². The van der Waals surface area contributed by atoms with E-state index in [1.54, 1.807) is 0 Å². The van der Waals surface area contributed by atoms with Crippen molar-refractivity contribution in [1.29, 1.82) is 0 Å². The zero-order valence-corrected chi connectivity index (χ0v) is 7.97. The molecule has 0 aromatic heterocycles. The standard InChI is InChI=1S/C9H18N.Li/c1-3-5-6-7-9-10-8-4-2;/h8H,2-7,9H2,1H3;/q-1;+1. The monoisotopic (exact) mass is 147 g/mol. The summed E-state index contributed by atoms with van der Waals surface area (Å²) >= 11 is 0. The molecule has 0 aliphatic rings. The van der Waals surface area contributed by atoms with Crippen molar-refractivity contribution in [2.45, 2.75) is 39.0 Å². The van der Waals surface area contributed by atoms with Crippen LogP contribution >= 0.6 is 0 Å². The summed E-state index contributed by atoms with van der Waals surface area (Å²) in [5.41, 5.74) is 0. The molecule has 0 amide bonds. The Labute approximate surface area is 82.9 Å². The second-order valence-electron chi connectivity index (χ2n) is 2.44. The summed E-state index contributed by atoms with van der Waals surface area (Å²) in [6, 6.07) is 0. The zero-order valence-electron chi connectivity index (χ0n) is 7.97. The summed E-state index contributed by atoms with van der Waals surface area (Å²) in [4.78, 5) is 4.17. The molecule has 2 heteroatoms. The maximum atomic E-state index is 4.17. The molecular weight excluding hydrogens is 129 g/mol. The summed E-state index contributed by atoms with van der Waals surface area (Å²) in [7, 11) is 0. The van der Waals surface area contributed by atoms with E-state index in [0.29, 0.717) is 0 Å². The van der Waals surface area contributed by atoms with Gasteiger partial charge in [0.15, 0.2) is 0 Å². The minimum absolute atomic E-state index is 0. The van der Waals surface area contributed by atoms with Crippen LogP contribution in [-0.2, 0) is 0 Å². The van der Waals surface area contributed by atoms with E-state index in [4.69, 9.17) is 0 Å². The van der Waals surface area contributed by atoms with Crippen LogP contribution in [0.15, 0.2) is 4.99 Å². The fraction of sp³-hybridized carbons (Fsp3) is 0.778. The number of rotatable bonds is 6. The van der Waals surface area contributed by atoms with E-state index >= 15 is 0 Å². The molecule has 0 atom stereocenters. The second kappa shape index (κ2) is 12.9. The Bertz CT molecular complexity index is 81.6. The smallest absolute Gasteiger partial charge is 0.338 e. The number of nitrogens with zero attached hydrogens (tertiary/aromatic N) is 1. The molecule has 60 valence electrons. The van der Waals surface area contributed by atoms with Crippen LogP contribution in [0.5, 0.6) is 0 Å². The van der Waals surface area contributed by atoms with Crippen molar-refractivity contribution < 1.29 is 18.9 Å². The molecule has 11 heavy (non-hydrogen) atoms. The van der Waals surface area contributed by atoms with Gasteiger partial charge in [-0.1, -0.05) is 26.2 Å². The molecule has 0 bridgehead atoms. The molecule has 0 heterocycles. The molecule has 0 aromatic carbocycles. The predicted molar refractivity (Wildman–Crippen MR) is 47.5 cm³/mol. The SMILES string of the molecule is [CH2-]CC=NCCCCCC.[Li+]. The molecule has 0 saturated heterocycles. The van der Waals surface area contributed by atoms with Crippen molar-refractivity contribution in [1.82, 2.24) is 0 Å². The van der Waals surface area contributed by atoms with Gasteiger partial charge in [0.2, 0.25) is 0 Å².